The maximum Gasteiger partial charge on any atom is 0.138 e. The number of aryl methyl sites for hydroxylation is 1. The van der Waals surface area contributed by atoms with Crippen LogP contribution in [0.4, 0.5) is 4.39 Å². The van der Waals surface area contributed by atoms with E-state index in [2.05, 4.69) is 9.97 Å². The third-order valence-corrected chi connectivity index (χ3v) is 3.80. The Kier molecular flexibility index (Phi) is 4.50. The zero-order valence-corrected chi connectivity index (χ0v) is 11.7. The highest BCUT2D eigenvalue weighted by Gasteiger charge is 2.08. The van der Waals surface area contributed by atoms with E-state index in [1.165, 1.54) is 17.8 Å². The van der Waals surface area contributed by atoms with Crippen molar-refractivity contribution in [1.82, 2.24) is 9.97 Å². The summed E-state index contributed by atoms with van der Waals surface area (Å²) < 4.78 is 13.5. The first-order chi connectivity index (χ1) is 9.08. The number of hydrogen-bond donors (Lipinski definition) is 1. The van der Waals surface area contributed by atoms with E-state index < -0.39 is 0 Å². The fourth-order valence-electron chi connectivity index (χ4n) is 1.75. The van der Waals surface area contributed by atoms with Crippen molar-refractivity contribution in [3.8, 4) is 0 Å². The summed E-state index contributed by atoms with van der Waals surface area (Å²) in [5, 5.41) is 0. The smallest absolute Gasteiger partial charge is 0.138 e. The van der Waals surface area contributed by atoms with E-state index in [0.29, 0.717) is 16.5 Å². The number of aromatic nitrogens is 2. The highest BCUT2D eigenvalue weighted by molar-refractivity contribution is 7.98. The number of hydrogen-bond acceptors (Lipinski definition) is 4. The van der Waals surface area contributed by atoms with E-state index >= 15 is 0 Å². The van der Waals surface area contributed by atoms with Gasteiger partial charge in [-0.3, -0.25) is 0 Å². The van der Waals surface area contributed by atoms with Crippen LogP contribution in [0.15, 0.2) is 35.4 Å². The lowest BCUT2D eigenvalue weighted by Gasteiger charge is -2.09. The molecule has 1 aromatic heterocycles. The fourth-order valence-corrected chi connectivity index (χ4v) is 2.55. The Labute approximate surface area is 116 Å². The Morgan fingerprint density at radius 3 is 2.74 bits per heavy atom. The van der Waals surface area contributed by atoms with Gasteiger partial charge in [0.25, 0.3) is 0 Å². The number of rotatable bonds is 4. The van der Waals surface area contributed by atoms with Gasteiger partial charge in [0, 0.05) is 28.4 Å². The van der Waals surface area contributed by atoms with Crippen LogP contribution < -0.4 is 5.73 Å². The zero-order valence-electron chi connectivity index (χ0n) is 10.9. The molecule has 1 heterocycles. The minimum Gasteiger partial charge on any atom is -0.324 e. The average molecular weight is 277 g/mol. The highest BCUT2D eigenvalue weighted by Crippen LogP contribution is 2.24. The Bertz CT molecular complexity index is 572. The first kappa shape index (κ1) is 14.0. The molecule has 0 radical (unpaired) electrons. The largest absolute Gasteiger partial charge is 0.324 e. The van der Waals surface area contributed by atoms with Crippen LogP contribution in [0, 0.1) is 12.7 Å². The molecule has 0 spiro atoms. The number of nitrogens with two attached hydrogens (primary N) is 1. The quantitative estimate of drug-likeness (QED) is 0.872. The van der Waals surface area contributed by atoms with Crippen molar-refractivity contribution in [3.05, 3.63) is 53.4 Å². The topological polar surface area (TPSA) is 51.8 Å². The summed E-state index contributed by atoms with van der Waals surface area (Å²) >= 11 is 1.39. The van der Waals surface area contributed by atoms with Crippen LogP contribution in [0.5, 0.6) is 0 Å². The van der Waals surface area contributed by atoms with Gasteiger partial charge in [-0.15, -0.1) is 11.8 Å². The second-order valence-electron chi connectivity index (χ2n) is 4.33. The highest BCUT2D eigenvalue weighted by atomic mass is 32.2. The standard InChI is InChI=1S/C14H16FN3S/c1-9(16)11-7-17-14(18-10(11)2)8-19-13-6-4-3-5-12(13)15/h3-7,9H,8,16H2,1-2H3/t9-/m0/s1. The van der Waals surface area contributed by atoms with Gasteiger partial charge in [0.05, 0.1) is 5.75 Å². The summed E-state index contributed by atoms with van der Waals surface area (Å²) in [7, 11) is 0. The van der Waals surface area contributed by atoms with Crippen molar-refractivity contribution in [3.63, 3.8) is 0 Å². The molecule has 1 aromatic carbocycles. The second-order valence-corrected chi connectivity index (χ2v) is 5.35. The molecule has 0 amide bonds. The minimum atomic E-state index is -0.212. The van der Waals surface area contributed by atoms with E-state index in [-0.39, 0.29) is 11.9 Å². The molecule has 1 atom stereocenters. The summed E-state index contributed by atoms with van der Waals surface area (Å²) in [6, 6.07) is 6.62. The molecule has 0 saturated heterocycles. The van der Waals surface area contributed by atoms with Crippen LogP contribution in [0.25, 0.3) is 0 Å². The van der Waals surface area contributed by atoms with Crippen LogP contribution in [-0.2, 0) is 5.75 Å². The maximum absolute atomic E-state index is 13.5. The van der Waals surface area contributed by atoms with Crippen molar-refractivity contribution in [2.24, 2.45) is 5.73 Å². The van der Waals surface area contributed by atoms with Gasteiger partial charge in [-0.2, -0.15) is 0 Å². The Balaban J connectivity index is 2.08. The number of benzene rings is 1. The summed E-state index contributed by atoms with van der Waals surface area (Å²) in [5.41, 5.74) is 7.64. The molecule has 0 unspecified atom stereocenters. The van der Waals surface area contributed by atoms with Crippen molar-refractivity contribution < 1.29 is 4.39 Å². The van der Waals surface area contributed by atoms with E-state index in [4.69, 9.17) is 5.73 Å². The SMILES string of the molecule is Cc1nc(CSc2ccccc2F)ncc1[C@H](C)N. The molecule has 0 aliphatic rings. The Hall–Kier alpha value is -1.46. The Morgan fingerprint density at radius 2 is 2.11 bits per heavy atom. The molecule has 0 saturated carbocycles. The molecule has 2 aromatic rings. The molecule has 2 N–H and O–H groups in total. The van der Waals surface area contributed by atoms with Gasteiger partial charge in [0.1, 0.15) is 11.6 Å². The molecule has 0 fully saturated rings. The minimum absolute atomic E-state index is 0.0757. The normalized spacial score (nSPS) is 12.4. The second kappa shape index (κ2) is 6.12. The van der Waals surface area contributed by atoms with E-state index in [1.54, 1.807) is 18.3 Å². The van der Waals surface area contributed by atoms with Gasteiger partial charge >= 0.3 is 0 Å². The molecule has 3 nitrogen and oxygen atoms in total. The van der Waals surface area contributed by atoms with Gasteiger partial charge in [-0.05, 0) is 26.0 Å². The van der Waals surface area contributed by atoms with Crippen molar-refractivity contribution in [2.45, 2.75) is 30.5 Å². The van der Waals surface area contributed by atoms with Gasteiger partial charge < -0.3 is 5.73 Å². The number of halogens is 1. The van der Waals surface area contributed by atoms with Gasteiger partial charge in [-0.1, -0.05) is 12.1 Å². The lowest BCUT2D eigenvalue weighted by molar-refractivity contribution is 0.602. The van der Waals surface area contributed by atoms with Crippen molar-refractivity contribution in [1.29, 1.82) is 0 Å². The van der Waals surface area contributed by atoms with Crippen molar-refractivity contribution in [2.75, 3.05) is 0 Å². The zero-order chi connectivity index (χ0) is 13.8. The molecule has 5 heteroatoms. The third kappa shape index (κ3) is 3.52. The van der Waals surface area contributed by atoms with Crippen LogP contribution >= 0.6 is 11.8 Å². The van der Waals surface area contributed by atoms with Crippen LogP contribution in [-0.4, -0.2) is 9.97 Å². The predicted octanol–water partition coefficient (Wildman–Crippen LogP) is 3.24. The third-order valence-electron chi connectivity index (χ3n) is 2.75. The van der Waals surface area contributed by atoms with Crippen LogP contribution in [0.2, 0.25) is 0 Å². The first-order valence-corrected chi connectivity index (χ1v) is 7.02. The lowest BCUT2D eigenvalue weighted by Crippen LogP contribution is -2.10. The molecule has 0 aliphatic heterocycles. The fraction of sp³-hybridized carbons (Fsp3) is 0.286. The monoisotopic (exact) mass is 277 g/mol. The molecular weight excluding hydrogens is 261 g/mol. The van der Waals surface area contributed by atoms with E-state index in [1.807, 2.05) is 19.9 Å². The van der Waals surface area contributed by atoms with Gasteiger partial charge in [0.15, 0.2) is 0 Å². The molecule has 19 heavy (non-hydrogen) atoms. The average Bonchev–Trinajstić information content (AvgIpc) is 2.37. The summed E-state index contributed by atoms with van der Waals surface area (Å²) in [4.78, 5) is 9.29. The van der Waals surface area contributed by atoms with E-state index in [9.17, 15) is 4.39 Å². The maximum atomic E-state index is 13.5. The summed E-state index contributed by atoms with van der Waals surface area (Å²) in [5.74, 6) is 1.02. The molecule has 0 bridgehead atoms. The Morgan fingerprint density at radius 1 is 1.37 bits per heavy atom. The number of nitrogens with zero attached hydrogens (tertiary/aromatic N) is 2. The van der Waals surface area contributed by atoms with Crippen LogP contribution in [0.1, 0.15) is 30.0 Å². The van der Waals surface area contributed by atoms with E-state index in [0.717, 1.165) is 11.3 Å². The van der Waals surface area contributed by atoms with Gasteiger partial charge in [0.2, 0.25) is 0 Å². The molecule has 0 aliphatic carbocycles. The van der Waals surface area contributed by atoms with Gasteiger partial charge in [-0.25, -0.2) is 14.4 Å². The number of thioether (sulfide) groups is 1. The summed E-state index contributed by atoms with van der Waals surface area (Å²) in [6.07, 6.45) is 1.75. The molecular formula is C14H16FN3S. The lowest BCUT2D eigenvalue weighted by atomic mass is 10.1. The van der Waals surface area contributed by atoms with Crippen LogP contribution in [0.3, 0.4) is 0 Å². The first-order valence-electron chi connectivity index (χ1n) is 6.03. The summed E-state index contributed by atoms with van der Waals surface area (Å²) in [6.45, 7) is 3.82. The predicted molar refractivity (Wildman–Crippen MR) is 75.3 cm³/mol. The molecule has 2 rings (SSSR count). The molecule has 100 valence electrons. The van der Waals surface area contributed by atoms with Crippen molar-refractivity contribution >= 4 is 11.8 Å².